The molecule has 3 heteroatoms. The first-order valence-electron chi connectivity index (χ1n) is 12.5. The zero-order valence-electron chi connectivity index (χ0n) is 21.0. The first kappa shape index (κ1) is 24.4. The van der Waals surface area contributed by atoms with Gasteiger partial charge in [-0.25, -0.2) is 0 Å². The lowest BCUT2D eigenvalue weighted by atomic mass is 9.86. The Morgan fingerprint density at radius 2 is 1.36 bits per heavy atom. The van der Waals surface area contributed by atoms with Crippen molar-refractivity contribution in [3.05, 3.63) is 123 Å². The standard InChI is InChI=1S/C33H31ClO2/c1-21-7-17-29(31(34)19-21)30-6-4-5-25-20-24(22-8-13-26(14-9-22)33(2,3)36)12-18-28(25)32(30)23-10-15-27(35)16-11-23/h7-20,35-36H,4-6H2,1-3H3. The summed E-state index contributed by atoms with van der Waals surface area (Å²) in [4.78, 5) is 0. The van der Waals surface area contributed by atoms with Gasteiger partial charge in [-0.1, -0.05) is 78.3 Å². The highest BCUT2D eigenvalue weighted by Crippen LogP contribution is 2.43. The normalized spacial score (nSPS) is 13.9. The van der Waals surface area contributed by atoms with Gasteiger partial charge in [0.05, 0.1) is 5.60 Å². The molecule has 0 unspecified atom stereocenters. The van der Waals surface area contributed by atoms with Gasteiger partial charge in [0.1, 0.15) is 5.75 Å². The lowest BCUT2D eigenvalue weighted by Gasteiger charge is -2.19. The average molecular weight is 495 g/mol. The Morgan fingerprint density at radius 1 is 0.722 bits per heavy atom. The summed E-state index contributed by atoms with van der Waals surface area (Å²) in [7, 11) is 0. The van der Waals surface area contributed by atoms with Crippen LogP contribution in [-0.4, -0.2) is 10.2 Å². The molecule has 4 aromatic rings. The number of rotatable bonds is 4. The van der Waals surface area contributed by atoms with Gasteiger partial charge in [-0.3, -0.25) is 0 Å². The minimum atomic E-state index is -0.857. The number of phenols is 1. The monoisotopic (exact) mass is 494 g/mol. The number of aromatic hydroxyl groups is 1. The summed E-state index contributed by atoms with van der Waals surface area (Å²) < 4.78 is 0. The van der Waals surface area contributed by atoms with Gasteiger partial charge in [0.2, 0.25) is 0 Å². The zero-order valence-corrected chi connectivity index (χ0v) is 21.7. The maximum atomic E-state index is 10.3. The Labute approximate surface area is 218 Å². The third-order valence-corrected chi connectivity index (χ3v) is 7.39. The van der Waals surface area contributed by atoms with Crippen LogP contribution in [0.4, 0.5) is 0 Å². The van der Waals surface area contributed by atoms with Gasteiger partial charge in [0, 0.05) is 5.02 Å². The van der Waals surface area contributed by atoms with E-state index in [0.29, 0.717) is 0 Å². The van der Waals surface area contributed by atoms with Crippen LogP contribution < -0.4 is 0 Å². The van der Waals surface area contributed by atoms with E-state index in [2.05, 4.69) is 49.4 Å². The molecular weight excluding hydrogens is 464 g/mol. The summed E-state index contributed by atoms with van der Waals surface area (Å²) in [5.41, 5.74) is 10.6. The largest absolute Gasteiger partial charge is 0.508 e. The predicted octanol–water partition coefficient (Wildman–Crippen LogP) is 8.54. The molecule has 0 atom stereocenters. The Balaban J connectivity index is 1.67. The second-order valence-electron chi connectivity index (χ2n) is 10.2. The van der Waals surface area contributed by atoms with Crippen LogP contribution in [0.5, 0.6) is 5.75 Å². The van der Waals surface area contributed by atoms with Crippen LogP contribution in [0, 0.1) is 6.92 Å². The fourth-order valence-corrected chi connectivity index (χ4v) is 5.48. The van der Waals surface area contributed by atoms with Crippen LogP contribution in [0.15, 0.2) is 84.9 Å². The number of aryl methyl sites for hydroxylation is 2. The van der Waals surface area contributed by atoms with Crippen molar-refractivity contribution in [3.8, 4) is 16.9 Å². The molecule has 36 heavy (non-hydrogen) atoms. The second kappa shape index (κ2) is 9.61. The van der Waals surface area contributed by atoms with E-state index >= 15 is 0 Å². The van der Waals surface area contributed by atoms with E-state index in [1.54, 1.807) is 26.0 Å². The molecule has 0 aliphatic heterocycles. The molecule has 4 aromatic carbocycles. The minimum absolute atomic E-state index is 0.257. The number of allylic oxidation sites excluding steroid dienone is 1. The molecule has 2 nitrogen and oxygen atoms in total. The lowest BCUT2D eigenvalue weighted by molar-refractivity contribution is 0.0786. The molecule has 2 N–H and O–H groups in total. The van der Waals surface area contributed by atoms with E-state index in [1.807, 2.05) is 30.3 Å². The van der Waals surface area contributed by atoms with Crippen molar-refractivity contribution in [2.75, 3.05) is 0 Å². The highest BCUT2D eigenvalue weighted by atomic mass is 35.5. The quantitative estimate of drug-likeness (QED) is 0.298. The molecule has 0 heterocycles. The van der Waals surface area contributed by atoms with Crippen molar-refractivity contribution in [1.82, 2.24) is 0 Å². The van der Waals surface area contributed by atoms with Crippen LogP contribution in [0.3, 0.4) is 0 Å². The molecule has 182 valence electrons. The van der Waals surface area contributed by atoms with Crippen molar-refractivity contribution in [2.24, 2.45) is 0 Å². The first-order chi connectivity index (χ1) is 17.2. The molecule has 5 rings (SSSR count). The molecule has 0 saturated carbocycles. The number of fused-ring (bicyclic) bond motifs is 1. The van der Waals surface area contributed by atoms with Crippen LogP contribution in [0.1, 0.15) is 60.1 Å². The number of aliphatic hydroxyl groups is 1. The summed E-state index contributed by atoms with van der Waals surface area (Å²) in [6, 6.07) is 28.6. The van der Waals surface area contributed by atoms with E-state index in [0.717, 1.165) is 57.7 Å². The van der Waals surface area contributed by atoms with Crippen LogP contribution in [-0.2, 0) is 12.0 Å². The molecular formula is C33H31ClO2. The number of phenolic OH excluding ortho intramolecular Hbond substituents is 1. The summed E-state index contributed by atoms with van der Waals surface area (Å²) >= 11 is 6.78. The molecule has 1 aliphatic carbocycles. The minimum Gasteiger partial charge on any atom is -0.508 e. The van der Waals surface area contributed by atoms with Crippen molar-refractivity contribution in [3.63, 3.8) is 0 Å². The van der Waals surface area contributed by atoms with Crippen molar-refractivity contribution < 1.29 is 10.2 Å². The van der Waals surface area contributed by atoms with Crippen molar-refractivity contribution in [2.45, 2.75) is 45.6 Å². The Bertz CT molecular complexity index is 1440. The second-order valence-corrected chi connectivity index (χ2v) is 10.7. The fraction of sp³-hybridized carbons (Fsp3) is 0.212. The molecule has 0 saturated heterocycles. The smallest absolute Gasteiger partial charge is 0.115 e. The van der Waals surface area contributed by atoms with Crippen LogP contribution in [0.2, 0.25) is 5.02 Å². The first-order valence-corrected chi connectivity index (χ1v) is 12.8. The third-order valence-electron chi connectivity index (χ3n) is 7.08. The van der Waals surface area contributed by atoms with E-state index < -0.39 is 5.60 Å². The third kappa shape index (κ3) is 4.84. The van der Waals surface area contributed by atoms with Crippen LogP contribution in [0.25, 0.3) is 22.3 Å². The number of hydrogen-bond acceptors (Lipinski definition) is 2. The van der Waals surface area contributed by atoms with Crippen molar-refractivity contribution >= 4 is 22.7 Å². The number of hydrogen-bond donors (Lipinski definition) is 2. The van der Waals surface area contributed by atoms with E-state index in [9.17, 15) is 10.2 Å². The topological polar surface area (TPSA) is 40.5 Å². The highest BCUT2D eigenvalue weighted by Gasteiger charge is 2.22. The van der Waals surface area contributed by atoms with Gasteiger partial charge >= 0.3 is 0 Å². The molecule has 0 fully saturated rings. The number of benzene rings is 4. The predicted molar refractivity (Wildman–Crippen MR) is 150 cm³/mol. The Kier molecular flexibility index (Phi) is 6.51. The van der Waals surface area contributed by atoms with Crippen molar-refractivity contribution in [1.29, 1.82) is 0 Å². The zero-order chi connectivity index (χ0) is 25.4. The molecule has 1 aliphatic rings. The summed E-state index contributed by atoms with van der Waals surface area (Å²) in [5, 5.41) is 21.0. The maximum Gasteiger partial charge on any atom is 0.115 e. The maximum absolute atomic E-state index is 10.3. The highest BCUT2D eigenvalue weighted by molar-refractivity contribution is 6.32. The molecule has 0 aromatic heterocycles. The van der Waals surface area contributed by atoms with Gasteiger partial charge in [0.25, 0.3) is 0 Å². The SMILES string of the molecule is Cc1ccc(C2=C(c3ccc(O)cc3)c3ccc(-c4ccc(C(C)(C)O)cc4)cc3CCC2)c(Cl)c1. The van der Waals surface area contributed by atoms with Gasteiger partial charge in [-0.15, -0.1) is 0 Å². The fourth-order valence-electron chi connectivity index (χ4n) is 5.13. The van der Waals surface area contributed by atoms with E-state index in [4.69, 9.17) is 11.6 Å². The number of halogens is 1. The Morgan fingerprint density at radius 3 is 2.03 bits per heavy atom. The van der Waals surface area contributed by atoms with E-state index in [-0.39, 0.29) is 5.75 Å². The average Bonchev–Trinajstić information content (AvgIpc) is 3.03. The summed E-state index contributed by atoms with van der Waals surface area (Å²) in [5.74, 6) is 0.257. The van der Waals surface area contributed by atoms with Gasteiger partial charge < -0.3 is 10.2 Å². The summed E-state index contributed by atoms with van der Waals surface area (Å²) in [6.45, 7) is 5.67. The molecule has 0 bridgehead atoms. The van der Waals surface area contributed by atoms with Gasteiger partial charge in [-0.05, 0) is 114 Å². The van der Waals surface area contributed by atoms with Gasteiger partial charge in [0.15, 0.2) is 0 Å². The molecule has 0 radical (unpaired) electrons. The molecule has 0 spiro atoms. The lowest BCUT2D eigenvalue weighted by Crippen LogP contribution is -2.14. The van der Waals surface area contributed by atoms with E-state index in [1.165, 1.54) is 22.3 Å². The Hall–Kier alpha value is -3.33. The summed E-state index contributed by atoms with van der Waals surface area (Å²) in [6.07, 6.45) is 2.91. The van der Waals surface area contributed by atoms with Crippen LogP contribution >= 0.6 is 11.6 Å². The van der Waals surface area contributed by atoms with Gasteiger partial charge in [-0.2, -0.15) is 0 Å². The molecule has 0 amide bonds.